The number of benzene rings is 3. The van der Waals surface area contributed by atoms with Crippen molar-refractivity contribution in [2.75, 3.05) is 6.54 Å². The molecule has 1 aliphatic rings. The van der Waals surface area contributed by atoms with Crippen molar-refractivity contribution in [2.45, 2.75) is 95.5 Å². The Labute approximate surface area is 339 Å². The summed E-state index contributed by atoms with van der Waals surface area (Å²) in [6.45, 7) is 1.71. The number of nitrogens with one attached hydrogen (secondary N) is 2. The number of rotatable bonds is 23. The zero-order valence-electron chi connectivity index (χ0n) is 32.6. The number of hydrogen-bond acceptors (Lipinski definition) is 9. The fourth-order valence-electron chi connectivity index (χ4n) is 6.94. The number of carbonyl (C=O) groups excluding carboxylic acids is 7. The number of primary amides is 1. The zero-order valence-corrected chi connectivity index (χ0v) is 32.6. The number of aliphatic carboxylic acids is 1. The van der Waals surface area contributed by atoms with Gasteiger partial charge in [-0.1, -0.05) is 80.1 Å². The van der Waals surface area contributed by atoms with E-state index in [4.69, 9.17) is 10.5 Å². The molecule has 5 N–H and O–H groups in total. The molecule has 3 aromatic rings. The molecule has 14 nitrogen and oxygen atoms in total. The summed E-state index contributed by atoms with van der Waals surface area (Å²) in [5, 5.41) is 14.1. The molecule has 314 valence electrons. The highest BCUT2D eigenvalue weighted by Crippen LogP contribution is 2.28. The van der Waals surface area contributed by atoms with Crippen LogP contribution in [0.1, 0.15) is 92.2 Å². The average Bonchev–Trinajstić information content (AvgIpc) is 3.65. The Hall–Kier alpha value is -6.16. The lowest BCUT2D eigenvalue weighted by atomic mass is 9.87. The molecule has 0 radical (unpaired) electrons. The molecule has 1 saturated heterocycles. The van der Waals surface area contributed by atoms with Crippen LogP contribution in [0.2, 0.25) is 0 Å². The molecular formula is C43H48F2N4O10. The second kappa shape index (κ2) is 22.1. The summed E-state index contributed by atoms with van der Waals surface area (Å²) < 4.78 is 35.2. The number of halogens is 2. The van der Waals surface area contributed by atoms with E-state index in [1.165, 1.54) is 0 Å². The number of carbonyl (C=O) groups is 8. The number of nitrogens with zero attached hydrogens (tertiary/aromatic N) is 1. The van der Waals surface area contributed by atoms with Crippen LogP contribution in [0.4, 0.5) is 8.78 Å². The Bertz CT molecular complexity index is 1980. The zero-order chi connectivity index (χ0) is 43.1. The van der Waals surface area contributed by atoms with Gasteiger partial charge < -0.3 is 31.1 Å². The van der Waals surface area contributed by atoms with E-state index in [1.54, 1.807) is 49.4 Å². The minimum atomic E-state index is -1.51. The third-order valence-electron chi connectivity index (χ3n) is 9.95. The number of carboxylic acids is 1. The summed E-state index contributed by atoms with van der Waals surface area (Å²) in [6, 6.07) is 16.2. The first-order valence-electron chi connectivity index (χ1n) is 19.4. The molecule has 1 heterocycles. The van der Waals surface area contributed by atoms with Gasteiger partial charge in [0.15, 0.2) is 11.6 Å². The van der Waals surface area contributed by atoms with Crippen molar-refractivity contribution in [1.82, 2.24) is 15.5 Å². The van der Waals surface area contributed by atoms with E-state index in [2.05, 4.69) is 10.6 Å². The summed E-state index contributed by atoms with van der Waals surface area (Å²) in [7, 11) is 0. The lowest BCUT2D eigenvalue weighted by Crippen LogP contribution is -2.52. The van der Waals surface area contributed by atoms with Crippen molar-refractivity contribution < 1.29 is 57.0 Å². The number of hydrogen-bond donors (Lipinski definition) is 4. The lowest BCUT2D eigenvalue weighted by molar-refractivity contribution is -0.143. The van der Waals surface area contributed by atoms with Gasteiger partial charge in [-0.05, 0) is 42.5 Å². The van der Waals surface area contributed by atoms with E-state index < -0.39 is 120 Å². The number of ketones is 3. The summed E-state index contributed by atoms with van der Waals surface area (Å²) >= 11 is 0. The summed E-state index contributed by atoms with van der Waals surface area (Å²) in [4.78, 5) is 106. The Morgan fingerprint density at radius 3 is 2.10 bits per heavy atom. The van der Waals surface area contributed by atoms with Gasteiger partial charge in [-0.25, -0.2) is 8.78 Å². The standard InChI is InChI=1S/C43H48F2N4O10/c1-2-11-28(40(55)34(50)20-21-36(52)48-39(41(46)56)27-14-7-4-8-15-27)22-35(51)33-23-29(59-25-26-12-5-3-6-13-26)24-49(33)43(58)32(18-10-19-37(53)54)47-42(57)38-30(44)16-9-17-31(38)45/h3-9,12-17,28-29,32-33,39H,2,10-11,18-25H2,1H3,(H2,46,56)(H,47,57)(H,48,52)(H,53,54)/t28?,29-,32+,33+,39?/m1/s1. The first-order valence-corrected chi connectivity index (χ1v) is 19.4. The molecule has 4 amide bonds. The van der Waals surface area contributed by atoms with E-state index in [0.717, 1.165) is 28.7 Å². The first-order chi connectivity index (χ1) is 28.2. The molecule has 1 aliphatic heterocycles. The molecular weight excluding hydrogens is 770 g/mol. The quantitative estimate of drug-likeness (QED) is 0.100. The van der Waals surface area contributed by atoms with E-state index in [0.29, 0.717) is 12.0 Å². The normalized spacial score (nSPS) is 16.4. The summed E-state index contributed by atoms with van der Waals surface area (Å²) in [5.41, 5.74) is 5.75. The van der Waals surface area contributed by atoms with Gasteiger partial charge in [0.1, 0.15) is 29.3 Å². The molecule has 16 heteroatoms. The molecule has 59 heavy (non-hydrogen) atoms. The predicted octanol–water partition coefficient (Wildman–Crippen LogP) is 4.14. The molecule has 4 rings (SSSR count). The fraction of sp³-hybridized carbons (Fsp3) is 0.395. The van der Waals surface area contributed by atoms with Gasteiger partial charge in [0, 0.05) is 44.6 Å². The first kappa shape index (κ1) is 45.5. The monoisotopic (exact) mass is 818 g/mol. The maximum atomic E-state index is 14.6. The van der Waals surface area contributed by atoms with E-state index >= 15 is 0 Å². The van der Waals surface area contributed by atoms with Crippen molar-refractivity contribution in [3.63, 3.8) is 0 Å². The topological polar surface area (TPSA) is 219 Å². The van der Waals surface area contributed by atoms with Gasteiger partial charge in [0.2, 0.25) is 23.5 Å². The molecule has 5 atom stereocenters. The summed E-state index contributed by atoms with van der Waals surface area (Å²) in [5.74, 6) is -10.7. The van der Waals surface area contributed by atoms with E-state index in [9.17, 15) is 52.2 Å². The van der Waals surface area contributed by atoms with E-state index in [-0.39, 0.29) is 38.8 Å². The third-order valence-corrected chi connectivity index (χ3v) is 9.95. The molecule has 0 bridgehead atoms. The second-order valence-corrected chi connectivity index (χ2v) is 14.3. The van der Waals surface area contributed by atoms with Crippen LogP contribution in [-0.2, 0) is 44.9 Å². The molecule has 0 aliphatic carbocycles. The van der Waals surface area contributed by atoms with Crippen molar-refractivity contribution in [3.05, 3.63) is 107 Å². The fourth-order valence-corrected chi connectivity index (χ4v) is 6.94. The molecule has 2 unspecified atom stereocenters. The van der Waals surface area contributed by atoms with Crippen LogP contribution in [0.25, 0.3) is 0 Å². The van der Waals surface area contributed by atoms with Crippen molar-refractivity contribution in [2.24, 2.45) is 11.7 Å². The number of likely N-dealkylation sites (tertiary alicyclic amines) is 1. The van der Waals surface area contributed by atoms with Crippen LogP contribution in [0.3, 0.4) is 0 Å². The smallest absolute Gasteiger partial charge is 0.303 e. The van der Waals surface area contributed by atoms with Crippen molar-refractivity contribution in [1.29, 1.82) is 0 Å². The Morgan fingerprint density at radius 2 is 1.49 bits per heavy atom. The third kappa shape index (κ3) is 13.2. The van der Waals surface area contributed by atoms with E-state index in [1.807, 2.05) is 18.2 Å². The van der Waals surface area contributed by atoms with Crippen molar-refractivity contribution in [3.8, 4) is 0 Å². The van der Waals surface area contributed by atoms with Crippen LogP contribution in [0.15, 0.2) is 78.9 Å². The Morgan fingerprint density at radius 1 is 0.847 bits per heavy atom. The SMILES string of the molecule is CCCC(CC(=O)[C@@H]1C[C@@H](OCc2ccccc2)CN1C(=O)[C@H](CCCC(=O)O)NC(=O)c1c(F)cccc1F)C(=O)C(=O)CCC(=O)NC(C(N)=O)c1ccccc1. The molecule has 0 saturated carbocycles. The number of amides is 4. The van der Waals surface area contributed by atoms with Crippen LogP contribution >= 0.6 is 0 Å². The maximum Gasteiger partial charge on any atom is 0.303 e. The van der Waals surface area contributed by atoms with Gasteiger partial charge in [-0.3, -0.25) is 38.4 Å². The average molecular weight is 819 g/mol. The Balaban J connectivity index is 1.52. The summed E-state index contributed by atoms with van der Waals surface area (Å²) in [6.07, 6.45) is -2.40. The van der Waals surface area contributed by atoms with Crippen LogP contribution in [-0.4, -0.2) is 81.7 Å². The highest BCUT2D eigenvalue weighted by molar-refractivity contribution is 6.38. The predicted molar refractivity (Wildman–Crippen MR) is 208 cm³/mol. The Kier molecular flexibility index (Phi) is 17.1. The van der Waals surface area contributed by atoms with Crippen molar-refractivity contribution >= 4 is 46.9 Å². The van der Waals surface area contributed by atoms with Crippen LogP contribution < -0.4 is 16.4 Å². The number of Topliss-reactive ketones (excluding diaryl/α,β-unsaturated/α-hetero) is 3. The largest absolute Gasteiger partial charge is 0.481 e. The highest BCUT2D eigenvalue weighted by atomic mass is 19.1. The maximum absolute atomic E-state index is 14.6. The lowest BCUT2D eigenvalue weighted by Gasteiger charge is -2.29. The van der Waals surface area contributed by atoms with Gasteiger partial charge in [-0.2, -0.15) is 0 Å². The second-order valence-electron chi connectivity index (χ2n) is 14.3. The minimum absolute atomic E-state index is 0.0290. The van der Waals surface area contributed by atoms with Gasteiger partial charge >= 0.3 is 5.97 Å². The van der Waals surface area contributed by atoms with Gasteiger partial charge in [-0.15, -0.1) is 0 Å². The van der Waals surface area contributed by atoms with Crippen LogP contribution in [0, 0.1) is 17.6 Å². The highest BCUT2D eigenvalue weighted by Gasteiger charge is 2.43. The minimum Gasteiger partial charge on any atom is -0.481 e. The number of ether oxygens (including phenoxy) is 1. The number of nitrogens with two attached hydrogens (primary N) is 1. The molecule has 3 aromatic carbocycles. The molecule has 1 fully saturated rings. The van der Waals surface area contributed by atoms with Gasteiger partial charge in [0.05, 0.1) is 18.8 Å². The van der Waals surface area contributed by atoms with Crippen LogP contribution in [0.5, 0.6) is 0 Å². The molecule has 0 aromatic heterocycles. The van der Waals surface area contributed by atoms with Gasteiger partial charge in [0.25, 0.3) is 5.91 Å². The molecule has 0 spiro atoms. The number of carboxylic acid groups (broad SMARTS) is 1.